The van der Waals surface area contributed by atoms with Gasteiger partial charge in [-0.2, -0.15) is 0 Å². The van der Waals surface area contributed by atoms with E-state index in [2.05, 4.69) is 24.5 Å². The minimum absolute atomic E-state index is 0.318. The van der Waals surface area contributed by atoms with Gasteiger partial charge in [0.15, 0.2) is 0 Å². The van der Waals surface area contributed by atoms with Crippen LogP contribution < -0.4 is 10.6 Å². The summed E-state index contributed by atoms with van der Waals surface area (Å²) in [5.41, 5.74) is 0.318. The van der Waals surface area contributed by atoms with E-state index >= 15 is 0 Å². The number of nitrogens with one attached hydrogen (secondary N) is 2. The molecule has 0 atom stereocenters. The van der Waals surface area contributed by atoms with E-state index in [9.17, 15) is 0 Å². The van der Waals surface area contributed by atoms with Crippen LogP contribution in [-0.2, 0) is 9.59 Å². The van der Waals surface area contributed by atoms with E-state index in [0.29, 0.717) is 5.54 Å². The van der Waals surface area contributed by atoms with Gasteiger partial charge in [-0.25, -0.2) is 9.59 Å². The average molecular weight is 204 g/mol. The second-order valence-electron chi connectivity index (χ2n) is 3.60. The first-order valence-electron chi connectivity index (χ1n) is 4.27. The van der Waals surface area contributed by atoms with Crippen molar-refractivity contribution in [3.05, 3.63) is 0 Å². The first kappa shape index (κ1) is 12.9. The number of aliphatic carboxylic acids is 2. The molecular formula is C8H16N2O4. The molecule has 0 aromatic carbocycles. The van der Waals surface area contributed by atoms with E-state index in [-0.39, 0.29) is 0 Å². The van der Waals surface area contributed by atoms with Crippen LogP contribution in [0.5, 0.6) is 0 Å². The maximum absolute atomic E-state index is 9.10. The standard InChI is InChI=1S/C6H14N2.C2H2O4/c1-6(2)5-7-3-4-8-6;3-1(4)2(5)6/h7-8H,3-5H2,1-2H3;(H,3,4)(H,5,6). The van der Waals surface area contributed by atoms with Crippen LogP contribution in [0.1, 0.15) is 13.8 Å². The molecule has 0 bridgehead atoms. The Kier molecular flexibility index (Phi) is 5.11. The van der Waals surface area contributed by atoms with Crippen molar-refractivity contribution in [2.45, 2.75) is 19.4 Å². The highest BCUT2D eigenvalue weighted by molar-refractivity contribution is 6.27. The van der Waals surface area contributed by atoms with Crippen molar-refractivity contribution < 1.29 is 19.8 Å². The van der Waals surface area contributed by atoms with Crippen molar-refractivity contribution in [1.29, 1.82) is 0 Å². The van der Waals surface area contributed by atoms with Crippen LogP contribution in [0.4, 0.5) is 0 Å². The van der Waals surface area contributed by atoms with Gasteiger partial charge in [0, 0.05) is 25.2 Å². The molecule has 0 saturated carbocycles. The zero-order valence-corrected chi connectivity index (χ0v) is 8.33. The summed E-state index contributed by atoms with van der Waals surface area (Å²) in [5.74, 6) is -3.65. The van der Waals surface area contributed by atoms with E-state index in [1.165, 1.54) is 0 Å². The van der Waals surface area contributed by atoms with Crippen molar-refractivity contribution in [3.63, 3.8) is 0 Å². The third kappa shape index (κ3) is 6.38. The minimum atomic E-state index is -1.82. The van der Waals surface area contributed by atoms with Gasteiger partial charge in [0.1, 0.15) is 0 Å². The molecule has 4 N–H and O–H groups in total. The average Bonchev–Trinajstić information content (AvgIpc) is 2.04. The number of piperazine rings is 1. The van der Waals surface area contributed by atoms with E-state index in [1.54, 1.807) is 0 Å². The Labute approximate surface area is 82.3 Å². The SMILES string of the molecule is CC1(C)CNCCN1.O=C(O)C(=O)O. The number of hydrogen-bond acceptors (Lipinski definition) is 4. The molecule has 0 aliphatic carbocycles. The zero-order chi connectivity index (χ0) is 11.2. The minimum Gasteiger partial charge on any atom is -0.473 e. The lowest BCUT2D eigenvalue weighted by Gasteiger charge is -2.31. The topological polar surface area (TPSA) is 98.7 Å². The van der Waals surface area contributed by atoms with Crippen LogP contribution in [0.25, 0.3) is 0 Å². The monoisotopic (exact) mass is 204 g/mol. The second-order valence-corrected chi connectivity index (χ2v) is 3.60. The molecule has 0 aromatic heterocycles. The Bertz CT molecular complexity index is 195. The molecule has 0 aromatic rings. The Morgan fingerprint density at radius 3 is 1.79 bits per heavy atom. The van der Waals surface area contributed by atoms with Gasteiger partial charge >= 0.3 is 11.9 Å². The van der Waals surface area contributed by atoms with Crippen molar-refractivity contribution >= 4 is 11.9 Å². The molecule has 1 aliphatic heterocycles. The van der Waals surface area contributed by atoms with E-state index in [4.69, 9.17) is 19.8 Å². The molecule has 82 valence electrons. The highest BCUT2D eigenvalue weighted by atomic mass is 16.4. The molecule has 0 amide bonds. The largest absolute Gasteiger partial charge is 0.473 e. The molecule has 0 spiro atoms. The molecule has 0 unspecified atom stereocenters. The molecule has 6 heteroatoms. The summed E-state index contributed by atoms with van der Waals surface area (Å²) < 4.78 is 0. The van der Waals surface area contributed by atoms with E-state index in [1.807, 2.05) is 0 Å². The van der Waals surface area contributed by atoms with Crippen molar-refractivity contribution in [2.24, 2.45) is 0 Å². The number of rotatable bonds is 0. The molecule has 0 radical (unpaired) electrons. The van der Waals surface area contributed by atoms with Crippen LogP contribution in [0.15, 0.2) is 0 Å². The lowest BCUT2D eigenvalue weighted by Crippen LogP contribution is -2.55. The molecule has 1 aliphatic rings. The fourth-order valence-corrected chi connectivity index (χ4v) is 0.953. The first-order chi connectivity index (χ1) is 6.35. The van der Waals surface area contributed by atoms with E-state index in [0.717, 1.165) is 19.6 Å². The maximum atomic E-state index is 9.10. The Morgan fingerprint density at radius 1 is 1.14 bits per heavy atom. The fraction of sp³-hybridized carbons (Fsp3) is 0.750. The van der Waals surface area contributed by atoms with Gasteiger partial charge < -0.3 is 20.8 Å². The summed E-state index contributed by atoms with van der Waals surface area (Å²) in [6.45, 7) is 7.72. The molecule has 1 rings (SSSR count). The van der Waals surface area contributed by atoms with Gasteiger partial charge in [-0.3, -0.25) is 0 Å². The van der Waals surface area contributed by atoms with Gasteiger partial charge in [-0.05, 0) is 13.8 Å². The normalized spacial score (nSPS) is 19.0. The highest BCUT2D eigenvalue weighted by Gasteiger charge is 2.18. The van der Waals surface area contributed by atoms with Crippen molar-refractivity contribution in [3.8, 4) is 0 Å². The molecule has 6 nitrogen and oxygen atoms in total. The third-order valence-electron chi connectivity index (χ3n) is 1.66. The molecule has 1 heterocycles. The Morgan fingerprint density at radius 2 is 1.64 bits per heavy atom. The van der Waals surface area contributed by atoms with Gasteiger partial charge in [-0.1, -0.05) is 0 Å². The predicted molar refractivity (Wildman–Crippen MR) is 50.2 cm³/mol. The molecule has 1 saturated heterocycles. The maximum Gasteiger partial charge on any atom is 0.414 e. The fourth-order valence-electron chi connectivity index (χ4n) is 0.953. The summed E-state index contributed by atoms with van der Waals surface area (Å²) in [7, 11) is 0. The van der Waals surface area contributed by atoms with Gasteiger partial charge in [0.25, 0.3) is 0 Å². The Hall–Kier alpha value is -1.14. The van der Waals surface area contributed by atoms with Crippen LogP contribution in [-0.4, -0.2) is 47.3 Å². The van der Waals surface area contributed by atoms with Crippen LogP contribution >= 0.6 is 0 Å². The lowest BCUT2D eigenvalue weighted by atomic mass is 10.0. The van der Waals surface area contributed by atoms with Gasteiger partial charge in [0.2, 0.25) is 0 Å². The highest BCUT2D eigenvalue weighted by Crippen LogP contribution is 2.00. The quantitative estimate of drug-likeness (QED) is 0.382. The van der Waals surface area contributed by atoms with Gasteiger partial charge in [-0.15, -0.1) is 0 Å². The molecule has 14 heavy (non-hydrogen) atoms. The summed E-state index contributed by atoms with van der Waals surface area (Å²) in [6.07, 6.45) is 0. The summed E-state index contributed by atoms with van der Waals surface area (Å²) >= 11 is 0. The summed E-state index contributed by atoms with van der Waals surface area (Å²) in [6, 6.07) is 0. The van der Waals surface area contributed by atoms with Crippen molar-refractivity contribution in [2.75, 3.05) is 19.6 Å². The van der Waals surface area contributed by atoms with Crippen LogP contribution in [0.2, 0.25) is 0 Å². The number of carbonyl (C=O) groups is 2. The summed E-state index contributed by atoms with van der Waals surface area (Å²) in [5, 5.41) is 21.5. The molecule has 1 fully saturated rings. The summed E-state index contributed by atoms with van der Waals surface area (Å²) in [4.78, 5) is 18.2. The smallest absolute Gasteiger partial charge is 0.414 e. The van der Waals surface area contributed by atoms with Crippen molar-refractivity contribution in [1.82, 2.24) is 10.6 Å². The van der Waals surface area contributed by atoms with Crippen LogP contribution in [0, 0.1) is 0 Å². The molecular weight excluding hydrogens is 188 g/mol. The van der Waals surface area contributed by atoms with E-state index < -0.39 is 11.9 Å². The number of carboxylic acids is 2. The first-order valence-corrected chi connectivity index (χ1v) is 4.27. The lowest BCUT2D eigenvalue weighted by molar-refractivity contribution is -0.159. The number of hydrogen-bond donors (Lipinski definition) is 4. The number of carboxylic acid groups (broad SMARTS) is 2. The predicted octanol–water partition coefficient (Wildman–Crippen LogP) is -0.887. The third-order valence-corrected chi connectivity index (χ3v) is 1.66. The second kappa shape index (κ2) is 5.56. The van der Waals surface area contributed by atoms with Crippen LogP contribution in [0.3, 0.4) is 0 Å². The Balaban J connectivity index is 0.000000255. The van der Waals surface area contributed by atoms with Gasteiger partial charge in [0.05, 0.1) is 0 Å². The zero-order valence-electron chi connectivity index (χ0n) is 8.33.